The van der Waals surface area contributed by atoms with E-state index in [1.54, 1.807) is 0 Å². The van der Waals surface area contributed by atoms with Crippen LogP contribution < -0.4 is 5.73 Å². The van der Waals surface area contributed by atoms with Gasteiger partial charge in [0.05, 0.1) is 18.9 Å². The lowest BCUT2D eigenvalue weighted by Gasteiger charge is -1.99. The molecule has 7 nitrogen and oxygen atoms in total. The number of tetrazole rings is 1. The number of hydrogen-bond acceptors (Lipinski definition) is 6. The van der Waals surface area contributed by atoms with Gasteiger partial charge in [0, 0.05) is 0 Å². The van der Waals surface area contributed by atoms with Crippen molar-refractivity contribution >= 4 is 17.7 Å². The molecular formula is C5H9N5O2S. The van der Waals surface area contributed by atoms with Gasteiger partial charge in [0.25, 0.3) is 0 Å². The van der Waals surface area contributed by atoms with E-state index in [2.05, 4.69) is 15.5 Å². The summed E-state index contributed by atoms with van der Waals surface area (Å²) >= 11 is 1.14. The van der Waals surface area contributed by atoms with Gasteiger partial charge < -0.3 is 10.8 Å². The number of nitrogens with zero attached hydrogens (tertiary/aromatic N) is 4. The molecular weight excluding hydrogens is 194 g/mol. The Labute approximate surface area is 78.3 Å². The quantitative estimate of drug-likeness (QED) is 0.549. The Morgan fingerprint density at radius 3 is 3.08 bits per heavy atom. The van der Waals surface area contributed by atoms with Gasteiger partial charge >= 0.3 is 0 Å². The molecule has 1 heterocycles. The summed E-state index contributed by atoms with van der Waals surface area (Å²) in [5, 5.41) is 19.8. The molecule has 0 aromatic carbocycles. The number of aromatic nitrogens is 4. The van der Waals surface area contributed by atoms with Crippen LogP contribution in [-0.2, 0) is 11.3 Å². The van der Waals surface area contributed by atoms with Crippen LogP contribution >= 0.6 is 11.8 Å². The summed E-state index contributed by atoms with van der Waals surface area (Å²) in [6.07, 6.45) is 0. The number of carbonyl (C=O) groups excluding carboxylic acids is 1. The van der Waals surface area contributed by atoms with Crippen LogP contribution in [0.15, 0.2) is 5.16 Å². The molecule has 8 heteroatoms. The standard InChI is InChI=1S/C5H9N5O2S/c6-4(12)3-13-5-7-8-9-10(5)1-2-11/h11H,1-3H2,(H2,6,12). The number of rotatable bonds is 5. The maximum atomic E-state index is 10.4. The van der Waals surface area contributed by atoms with Crippen molar-refractivity contribution in [2.45, 2.75) is 11.7 Å². The van der Waals surface area contributed by atoms with Crippen LogP contribution in [0.4, 0.5) is 0 Å². The van der Waals surface area contributed by atoms with Crippen LogP contribution in [0.2, 0.25) is 0 Å². The van der Waals surface area contributed by atoms with Crippen molar-refractivity contribution in [1.82, 2.24) is 20.2 Å². The van der Waals surface area contributed by atoms with Crippen molar-refractivity contribution in [2.75, 3.05) is 12.4 Å². The molecule has 3 N–H and O–H groups in total. The minimum Gasteiger partial charge on any atom is -0.394 e. The summed E-state index contributed by atoms with van der Waals surface area (Å²) in [5.74, 6) is -0.297. The van der Waals surface area contributed by atoms with Gasteiger partial charge in [-0.3, -0.25) is 4.79 Å². The fourth-order valence-electron chi connectivity index (χ4n) is 0.671. The van der Waals surface area contributed by atoms with Crippen molar-refractivity contribution in [3.63, 3.8) is 0 Å². The summed E-state index contributed by atoms with van der Waals surface area (Å²) in [6.45, 7) is 0.267. The SMILES string of the molecule is NC(=O)CSc1nnnn1CCO. The second kappa shape index (κ2) is 4.77. The van der Waals surface area contributed by atoms with E-state index in [0.29, 0.717) is 11.7 Å². The first-order valence-corrected chi connectivity index (χ1v) is 4.50. The number of thioether (sulfide) groups is 1. The van der Waals surface area contributed by atoms with E-state index in [1.165, 1.54) is 4.68 Å². The van der Waals surface area contributed by atoms with Crippen LogP contribution in [0, 0.1) is 0 Å². The molecule has 0 radical (unpaired) electrons. The minimum atomic E-state index is -0.427. The number of aliphatic hydroxyl groups excluding tert-OH is 1. The highest BCUT2D eigenvalue weighted by Gasteiger charge is 2.06. The number of primary amides is 1. The summed E-state index contributed by atoms with van der Waals surface area (Å²) in [4.78, 5) is 10.4. The number of amides is 1. The third kappa shape index (κ3) is 2.99. The average molecular weight is 203 g/mol. The molecule has 0 aliphatic carbocycles. The lowest BCUT2D eigenvalue weighted by Crippen LogP contribution is -2.14. The van der Waals surface area contributed by atoms with Crippen molar-refractivity contribution < 1.29 is 9.90 Å². The second-order valence-electron chi connectivity index (χ2n) is 2.16. The van der Waals surface area contributed by atoms with Gasteiger partial charge in [0.2, 0.25) is 11.1 Å². The van der Waals surface area contributed by atoms with Crippen LogP contribution in [0.5, 0.6) is 0 Å². The lowest BCUT2D eigenvalue weighted by atomic mass is 10.7. The van der Waals surface area contributed by atoms with Gasteiger partial charge in [-0.05, 0) is 10.4 Å². The normalized spacial score (nSPS) is 10.2. The summed E-state index contributed by atoms with van der Waals surface area (Å²) in [6, 6.07) is 0. The van der Waals surface area contributed by atoms with Crippen molar-refractivity contribution in [2.24, 2.45) is 5.73 Å². The molecule has 0 saturated heterocycles. The number of nitrogens with two attached hydrogens (primary N) is 1. The van der Waals surface area contributed by atoms with Crippen LogP contribution in [-0.4, -0.2) is 43.6 Å². The molecule has 0 saturated carbocycles. The maximum absolute atomic E-state index is 10.4. The van der Waals surface area contributed by atoms with E-state index < -0.39 is 5.91 Å². The Morgan fingerprint density at radius 2 is 2.46 bits per heavy atom. The number of carbonyl (C=O) groups is 1. The summed E-state index contributed by atoms with van der Waals surface area (Å²) in [5.41, 5.74) is 4.95. The Hall–Kier alpha value is -1.15. The molecule has 13 heavy (non-hydrogen) atoms. The number of hydrogen-bond donors (Lipinski definition) is 2. The highest BCUT2D eigenvalue weighted by atomic mass is 32.2. The first-order valence-electron chi connectivity index (χ1n) is 3.52. The molecule has 0 fully saturated rings. The molecule has 0 atom stereocenters. The second-order valence-corrected chi connectivity index (χ2v) is 3.11. The van der Waals surface area contributed by atoms with Gasteiger partial charge in [0.15, 0.2) is 0 Å². The molecule has 72 valence electrons. The predicted molar refractivity (Wildman–Crippen MR) is 44.8 cm³/mol. The van der Waals surface area contributed by atoms with E-state index in [9.17, 15) is 4.79 Å². The topological polar surface area (TPSA) is 107 Å². The van der Waals surface area contributed by atoms with E-state index >= 15 is 0 Å². The molecule has 1 aromatic rings. The monoisotopic (exact) mass is 203 g/mol. The third-order valence-corrected chi connectivity index (χ3v) is 2.13. The molecule has 1 aromatic heterocycles. The number of aliphatic hydroxyl groups is 1. The molecule has 1 rings (SSSR count). The highest BCUT2D eigenvalue weighted by molar-refractivity contribution is 7.99. The van der Waals surface area contributed by atoms with Crippen molar-refractivity contribution in [3.05, 3.63) is 0 Å². The highest BCUT2D eigenvalue weighted by Crippen LogP contribution is 2.11. The van der Waals surface area contributed by atoms with Gasteiger partial charge in [0.1, 0.15) is 0 Å². The fraction of sp³-hybridized carbons (Fsp3) is 0.600. The average Bonchev–Trinajstić information content (AvgIpc) is 2.49. The Balaban J connectivity index is 2.54. The smallest absolute Gasteiger partial charge is 0.227 e. The van der Waals surface area contributed by atoms with Crippen LogP contribution in [0.1, 0.15) is 0 Å². The molecule has 0 unspecified atom stereocenters. The first kappa shape index (κ1) is 9.93. The zero-order chi connectivity index (χ0) is 9.68. The largest absolute Gasteiger partial charge is 0.394 e. The third-order valence-electron chi connectivity index (χ3n) is 1.15. The van der Waals surface area contributed by atoms with E-state index in [-0.39, 0.29) is 12.4 Å². The molecule has 1 amide bonds. The van der Waals surface area contributed by atoms with Crippen molar-refractivity contribution in [1.29, 1.82) is 0 Å². The van der Waals surface area contributed by atoms with E-state index in [0.717, 1.165) is 11.8 Å². The Kier molecular flexibility index (Phi) is 3.65. The van der Waals surface area contributed by atoms with Crippen LogP contribution in [0.25, 0.3) is 0 Å². The molecule has 0 aliphatic heterocycles. The van der Waals surface area contributed by atoms with E-state index in [4.69, 9.17) is 10.8 Å². The summed E-state index contributed by atoms with van der Waals surface area (Å²) in [7, 11) is 0. The predicted octanol–water partition coefficient (Wildman–Crippen LogP) is -1.76. The lowest BCUT2D eigenvalue weighted by molar-refractivity contribution is -0.115. The van der Waals surface area contributed by atoms with Crippen molar-refractivity contribution in [3.8, 4) is 0 Å². The zero-order valence-corrected chi connectivity index (χ0v) is 7.57. The van der Waals surface area contributed by atoms with Gasteiger partial charge in [-0.1, -0.05) is 11.8 Å². The van der Waals surface area contributed by atoms with E-state index in [1.807, 2.05) is 0 Å². The zero-order valence-electron chi connectivity index (χ0n) is 6.75. The minimum absolute atomic E-state index is 0.0465. The van der Waals surface area contributed by atoms with Gasteiger partial charge in [-0.15, -0.1) is 5.10 Å². The molecule has 0 bridgehead atoms. The molecule has 0 aliphatic rings. The molecule has 0 spiro atoms. The summed E-state index contributed by atoms with van der Waals surface area (Å²) < 4.78 is 1.41. The Morgan fingerprint density at radius 1 is 1.69 bits per heavy atom. The fourth-order valence-corrected chi connectivity index (χ4v) is 1.31. The van der Waals surface area contributed by atoms with Gasteiger partial charge in [-0.25, -0.2) is 4.68 Å². The van der Waals surface area contributed by atoms with Gasteiger partial charge in [-0.2, -0.15) is 0 Å². The Bertz CT molecular complexity index is 288. The first-order chi connectivity index (χ1) is 6.24. The van der Waals surface area contributed by atoms with Crippen LogP contribution in [0.3, 0.4) is 0 Å². The maximum Gasteiger partial charge on any atom is 0.227 e.